The van der Waals surface area contributed by atoms with Crippen molar-refractivity contribution in [1.82, 2.24) is 0 Å². The van der Waals surface area contributed by atoms with Crippen molar-refractivity contribution >= 4 is 0 Å². The third-order valence-electron chi connectivity index (χ3n) is 2.43. The third kappa shape index (κ3) is 1.50. The van der Waals surface area contributed by atoms with Crippen molar-refractivity contribution in [3.05, 3.63) is 24.3 Å². The lowest BCUT2D eigenvalue weighted by Crippen LogP contribution is -2.12. The van der Waals surface area contributed by atoms with Crippen molar-refractivity contribution in [1.29, 1.82) is 0 Å². The molecule has 0 unspecified atom stereocenters. The van der Waals surface area contributed by atoms with Crippen LogP contribution in [0.15, 0.2) is 24.3 Å². The molecule has 0 radical (unpaired) electrons. The zero-order valence-corrected chi connectivity index (χ0v) is 6.93. The Labute approximate surface area is 63.6 Å². The average molecular weight is 136 g/mol. The van der Waals surface area contributed by atoms with Crippen LogP contribution in [0, 0.1) is 11.8 Å². The average Bonchev–Trinajstić information content (AvgIpc) is 1.94. The summed E-state index contributed by atoms with van der Waals surface area (Å²) in [6.07, 6.45) is 6.92. The van der Waals surface area contributed by atoms with Gasteiger partial charge >= 0.3 is 0 Å². The number of hydrogen-bond acceptors (Lipinski definition) is 0. The van der Waals surface area contributed by atoms with E-state index >= 15 is 0 Å². The molecule has 0 nitrogen and oxygen atoms in total. The number of hydrogen-bond donors (Lipinski definition) is 0. The Morgan fingerprint density at radius 2 is 2.40 bits per heavy atom. The van der Waals surface area contributed by atoms with E-state index < -0.39 is 0 Å². The second-order valence-corrected chi connectivity index (χ2v) is 3.37. The van der Waals surface area contributed by atoms with E-state index in [1.54, 1.807) is 0 Å². The zero-order chi connectivity index (χ0) is 7.56. The summed E-state index contributed by atoms with van der Waals surface area (Å²) in [5.74, 6) is 1.53. The van der Waals surface area contributed by atoms with Gasteiger partial charge in [0, 0.05) is 0 Å². The molecule has 1 aliphatic carbocycles. The van der Waals surface area contributed by atoms with Crippen LogP contribution in [0.4, 0.5) is 0 Å². The van der Waals surface area contributed by atoms with Crippen LogP contribution in [0.25, 0.3) is 0 Å². The fourth-order valence-corrected chi connectivity index (χ4v) is 1.53. The molecule has 0 saturated heterocycles. The van der Waals surface area contributed by atoms with Gasteiger partial charge in [-0.05, 0) is 31.6 Å². The summed E-state index contributed by atoms with van der Waals surface area (Å²) >= 11 is 0. The SMILES string of the molecule is C=C[C@@H]1CC(C)=CC[C@@H]1C. The highest BCUT2D eigenvalue weighted by atomic mass is 14.2. The quantitative estimate of drug-likeness (QED) is 0.486. The van der Waals surface area contributed by atoms with Crippen molar-refractivity contribution in [3.8, 4) is 0 Å². The molecule has 10 heavy (non-hydrogen) atoms. The maximum Gasteiger partial charge on any atom is -0.0170 e. The van der Waals surface area contributed by atoms with Gasteiger partial charge in [-0.2, -0.15) is 0 Å². The first-order chi connectivity index (χ1) is 4.74. The Morgan fingerprint density at radius 3 is 2.90 bits per heavy atom. The second kappa shape index (κ2) is 3.05. The summed E-state index contributed by atoms with van der Waals surface area (Å²) in [6, 6.07) is 0. The van der Waals surface area contributed by atoms with Gasteiger partial charge in [0.1, 0.15) is 0 Å². The Morgan fingerprint density at radius 1 is 1.70 bits per heavy atom. The zero-order valence-electron chi connectivity index (χ0n) is 6.93. The maximum atomic E-state index is 3.84. The van der Waals surface area contributed by atoms with Gasteiger partial charge in [-0.3, -0.25) is 0 Å². The van der Waals surface area contributed by atoms with Crippen molar-refractivity contribution in [2.45, 2.75) is 26.7 Å². The molecular weight excluding hydrogens is 120 g/mol. The minimum atomic E-state index is 0.727. The first-order valence-electron chi connectivity index (χ1n) is 4.02. The van der Waals surface area contributed by atoms with E-state index in [1.165, 1.54) is 18.4 Å². The van der Waals surface area contributed by atoms with Gasteiger partial charge in [0.15, 0.2) is 0 Å². The van der Waals surface area contributed by atoms with Gasteiger partial charge in [-0.25, -0.2) is 0 Å². The van der Waals surface area contributed by atoms with Crippen molar-refractivity contribution in [2.75, 3.05) is 0 Å². The smallest absolute Gasteiger partial charge is 0.0170 e. The molecule has 0 aliphatic heterocycles. The maximum absolute atomic E-state index is 3.84. The van der Waals surface area contributed by atoms with E-state index in [0.717, 1.165) is 11.8 Å². The Balaban J connectivity index is 2.61. The van der Waals surface area contributed by atoms with Crippen LogP contribution in [0.2, 0.25) is 0 Å². The van der Waals surface area contributed by atoms with Gasteiger partial charge in [-0.15, -0.1) is 6.58 Å². The van der Waals surface area contributed by atoms with Crippen LogP contribution in [-0.2, 0) is 0 Å². The monoisotopic (exact) mass is 136 g/mol. The topological polar surface area (TPSA) is 0 Å². The molecule has 0 fully saturated rings. The summed E-state index contributed by atoms with van der Waals surface area (Å²) in [5.41, 5.74) is 1.53. The van der Waals surface area contributed by atoms with Crippen molar-refractivity contribution in [3.63, 3.8) is 0 Å². The number of allylic oxidation sites excluding steroid dienone is 3. The molecule has 0 bridgehead atoms. The molecule has 0 heteroatoms. The van der Waals surface area contributed by atoms with E-state index in [2.05, 4.69) is 32.6 Å². The lowest BCUT2D eigenvalue weighted by Gasteiger charge is -2.24. The number of rotatable bonds is 1. The summed E-state index contributed by atoms with van der Waals surface area (Å²) in [6.45, 7) is 8.35. The highest BCUT2D eigenvalue weighted by Gasteiger charge is 2.16. The third-order valence-corrected chi connectivity index (χ3v) is 2.43. The molecule has 0 heterocycles. The molecule has 1 aliphatic rings. The molecule has 0 spiro atoms. The Bertz CT molecular complexity index is 153. The Kier molecular flexibility index (Phi) is 2.31. The predicted molar refractivity (Wildman–Crippen MR) is 45.8 cm³/mol. The molecule has 0 aromatic heterocycles. The molecule has 56 valence electrons. The van der Waals surface area contributed by atoms with Crippen molar-refractivity contribution in [2.24, 2.45) is 11.8 Å². The molecule has 0 N–H and O–H groups in total. The van der Waals surface area contributed by atoms with Crippen LogP contribution in [0.3, 0.4) is 0 Å². The van der Waals surface area contributed by atoms with Gasteiger partial charge in [-0.1, -0.05) is 24.6 Å². The molecule has 0 aromatic carbocycles. The van der Waals surface area contributed by atoms with Crippen LogP contribution >= 0.6 is 0 Å². The van der Waals surface area contributed by atoms with Crippen LogP contribution in [0.5, 0.6) is 0 Å². The van der Waals surface area contributed by atoms with Gasteiger partial charge in [0.05, 0.1) is 0 Å². The highest BCUT2D eigenvalue weighted by Crippen LogP contribution is 2.29. The fourth-order valence-electron chi connectivity index (χ4n) is 1.53. The van der Waals surface area contributed by atoms with Crippen LogP contribution < -0.4 is 0 Å². The molecule has 0 aromatic rings. The molecular formula is C10H16. The summed E-state index contributed by atoms with van der Waals surface area (Å²) in [7, 11) is 0. The second-order valence-electron chi connectivity index (χ2n) is 3.37. The Hall–Kier alpha value is -0.520. The van der Waals surface area contributed by atoms with Gasteiger partial charge < -0.3 is 0 Å². The minimum Gasteiger partial charge on any atom is -0.103 e. The summed E-state index contributed by atoms with van der Waals surface area (Å²) in [4.78, 5) is 0. The standard InChI is InChI=1S/C10H16/c1-4-10-7-8(2)5-6-9(10)3/h4-5,9-10H,1,6-7H2,2-3H3/t9-,10+/m0/s1. The van der Waals surface area contributed by atoms with Crippen molar-refractivity contribution < 1.29 is 0 Å². The van der Waals surface area contributed by atoms with E-state index in [-0.39, 0.29) is 0 Å². The highest BCUT2D eigenvalue weighted by molar-refractivity contribution is 5.08. The largest absolute Gasteiger partial charge is 0.103 e. The lowest BCUT2D eigenvalue weighted by atomic mass is 9.81. The van der Waals surface area contributed by atoms with Crippen LogP contribution in [-0.4, -0.2) is 0 Å². The minimum absolute atomic E-state index is 0.727. The fraction of sp³-hybridized carbons (Fsp3) is 0.600. The van der Waals surface area contributed by atoms with Gasteiger partial charge in [0.2, 0.25) is 0 Å². The predicted octanol–water partition coefficient (Wildman–Crippen LogP) is 3.16. The molecule has 2 atom stereocenters. The first kappa shape index (κ1) is 7.59. The van der Waals surface area contributed by atoms with Gasteiger partial charge in [0.25, 0.3) is 0 Å². The molecule has 0 saturated carbocycles. The van der Waals surface area contributed by atoms with E-state index in [4.69, 9.17) is 0 Å². The van der Waals surface area contributed by atoms with E-state index in [0.29, 0.717) is 0 Å². The summed E-state index contributed by atoms with van der Waals surface area (Å²) < 4.78 is 0. The van der Waals surface area contributed by atoms with Crippen LogP contribution in [0.1, 0.15) is 26.7 Å². The van der Waals surface area contributed by atoms with E-state index in [9.17, 15) is 0 Å². The summed E-state index contributed by atoms with van der Waals surface area (Å²) in [5, 5.41) is 0. The lowest BCUT2D eigenvalue weighted by molar-refractivity contribution is 0.409. The molecule has 1 rings (SSSR count). The molecule has 0 amide bonds. The normalized spacial score (nSPS) is 33.2. The van der Waals surface area contributed by atoms with E-state index in [1.807, 2.05) is 0 Å². The first-order valence-corrected chi connectivity index (χ1v) is 4.02.